The first-order valence-corrected chi connectivity index (χ1v) is 25.6. The van der Waals surface area contributed by atoms with E-state index in [4.69, 9.17) is 24.8 Å². The summed E-state index contributed by atoms with van der Waals surface area (Å²) >= 11 is 0. The molecule has 0 spiro atoms. The van der Waals surface area contributed by atoms with Crippen molar-refractivity contribution in [3.05, 3.63) is 36.5 Å². The molecular formula is C48H84NO12P. The van der Waals surface area contributed by atoms with Crippen molar-refractivity contribution >= 4 is 31.5 Å². The number of aliphatic carboxylic acids is 1. The second-order valence-electron chi connectivity index (χ2n) is 16.9. The fraction of sp³-hybridized carbons (Fsp3) is 0.792. The lowest BCUT2D eigenvalue weighted by atomic mass is 9.90. The Labute approximate surface area is 373 Å². The third kappa shape index (κ3) is 32.1. The maximum absolute atomic E-state index is 12.7. The first-order chi connectivity index (χ1) is 29.9. The lowest BCUT2D eigenvalue weighted by Gasteiger charge is -2.20. The van der Waals surface area contributed by atoms with E-state index in [1.807, 2.05) is 24.3 Å². The summed E-state index contributed by atoms with van der Waals surface area (Å²) in [4.78, 5) is 58.6. The van der Waals surface area contributed by atoms with Crippen molar-refractivity contribution in [3.8, 4) is 0 Å². The zero-order valence-electron chi connectivity index (χ0n) is 38.3. The first-order valence-electron chi connectivity index (χ1n) is 24.1. The maximum atomic E-state index is 12.7. The van der Waals surface area contributed by atoms with Crippen LogP contribution in [-0.2, 0) is 42.3 Å². The summed E-state index contributed by atoms with van der Waals surface area (Å²) in [6.07, 6.45) is 38.4. The van der Waals surface area contributed by atoms with E-state index in [9.17, 15) is 33.7 Å². The van der Waals surface area contributed by atoms with Crippen molar-refractivity contribution in [3.63, 3.8) is 0 Å². The highest BCUT2D eigenvalue weighted by Crippen LogP contribution is 2.43. The number of phosphoric ester groups is 1. The number of phosphoric acid groups is 1. The van der Waals surface area contributed by atoms with Crippen LogP contribution in [0.25, 0.3) is 0 Å². The molecule has 1 aliphatic carbocycles. The van der Waals surface area contributed by atoms with Gasteiger partial charge in [0, 0.05) is 18.8 Å². The Morgan fingerprint density at radius 2 is 1.24 bits per heavy atom. The summed E-state index contributed by atoms with van der Waals surface area (Å²) < 4.78 is 32.8. The number of allylic oxidation sites excluding steroid dienone is 5. The van der Waals surface area contributed by atoms with E-state index in [1.54, 1.807) is 12.2 Å². The number of carbonyl (C=O) groups is 4. The number of esters is 2. The van der Waals surface area contributed by atoms with Crippen molar-refractivity contribution in [2.75, 3.05) is 19.8 Å². The van der Waals surface area contributed by atoms with Crippen LogP contribution in [0.4, 0.5) is 0 Å². The van der Waals surface area contributed by atoms with Gasteiger partial charge in [0.1, 0.15) is 12.6 Å². The van der Waals surface area contributed by atoms with E-state index in [-0.39, 0.29) is 30.5 Å². The standard InChI is InChI=1S/C48H84NO12P/c1-3-5-7-8-9-10-11-12-13-14-15-16-17-18-19-20-21-22-28-32-47(53)61-42(38-59-62(56,57)60-39-44(49)48(54)55)37-58-46(52)31-27-24-23-26-29-40-33-36-45(51)43(40)35-34-41(50)30-25-6-4-2/h23,26,33-36,40-44,50H,3-22,24-25,27-32,37-39,49H2,1-2H3,(H,54,55)(H,56,57)/b26-23-,35-34+/t40-,41-,42+,43+,44-/m0/s1. The minimum atomic E-state index is -4.77. The molecule has 13 nitrogen and oxygen atoms in total. The number of carbonyl (C=O) groups excluding carboxylic acids is 3. The second-order valence-corrected chi connectivity index (χ2v) is 18.4. The predicted molar refractivity (Wildman–Crippen MR) is 244 cm³/mol. The minimum absolute atomic E-state index is 0.00172. The topological polar surface area (TPSA) is 209 Å². The molecule has 0 aromatic rings. The molecule has 1 rings (SSSR count). The van der Waals surface area contributed by atoms with E-state index in [2.05, 4.69) is 18.4 Å². The molecule has 14 heteroatoms. The summed E-state index contributed by atoms with van der Waals surface area (Å²) in [5.41, 5.74) is 5.34. The molecule has 0 aromatic carbocycles. The Bertz CT molecular complexity index is 1340. The lowest BCUT2D eigenvalue weighted by Crippen LogP contribution is -2.34. The maximum Gasteiger partial charge on any atom is 0.472 e. The minimum Gasteiger partial charge on any atom is -0.480 e. The van der Waals surface area contributed by atoms with E-state index in [0.717, 1.165) is 38.5 Å². The van der Waals surface area contributed by atoms with Gasteiger partial charge in [0.15, 0.2) is 11.9 Å². The fourth-order valence-corrected chi connectivity index (χ4v) is 8.01. The van der Waals surface area contributed by atoms with Gasteiger partial charge in [-0.25, -0.2) is 4.57 Å². The van der Waals surface area contributed by atoms with Gasteiger partial charge in [0.05, 0.1) is 19.3 Å². The molecule has 0 saturated carbocycles. The normalized spacial score (nSPS) is 17.7. The monoisotopic (exact) mass is 898 g/mol. The Kier molecular flexibility index (Phi) is 34.9. The molecule has 0 fully saturated rings. The van der Waals surface area contributed by atoms with E-state index in [0.29, 0.717) is 32.1 Å². The van der Waals surface area contributed by atoms with Crippen LogP contribution in [0.1, 0.15) is 194 Å². The molecule has 0 heterocycles. The van der Waals surface area contributed by atoms with Gasteiger partial charge in [-0.15, -0.1) is 0 Å². The largest absolute Gasteiger partial charge is 0.480 e. The quantitative estimate of drug-likeness (QED) is 0.0195. The molecule has 1 unspecified atom stereocenters. The SMILES string of the molecule is CCCCCCCCCCCCCCCCCCCCCC(=O)O[C@H](COC(=O)CCC/C=C\C[C@H]1C=CC(=O)[C@@H]1/C=C/[C@@H](O)CCCCC)COP(=O)(O)OC[C@H](N)C(=O)O. The Morgan fingerprint density at radius 1 is 0.726 bits per heavy atom. The number of carboxylic acids is 1. The van der Waals surface area contributed by atoms with Gasteiger partial charge in [-0.1, -0.05) is 179 Å². The van der Waals surface area contributed by atoms with E-state index < -0.39 is 63.8 Å². The Balaban J connectivity index is 2.39. The Morgan fingerprint density at radius 3 is 1.81 bits per heavy atom. The van der Waals surface area contributed by atoms with Gasteiger partial charge >= 0.3 is 25.7 Å². The van der Waals surface area contributed by atoms with E-state index >= 15 is 0 Å². The number of hydrogen-bond acceptors (Lipinski definition) is 11. The average molecular weight is 898 g/mol. The molecule has 5 N–H and O–H groups in total. The molecule has 0 amide bonds. The fourth-order valence-electron chi connectivity index (χ4n) is 7.23. The molecule has 0 aliphatic heterocycles. The summed E-state index contributed by atoms with van der Waals surface area (Å²) in [5.74, 6) is -2.82. The summed E-state index contributed by atoms with van der Waals surface area (Å²) in [6.45, 7) is 2.53. The Hall–Kier alpha value is -2.67. The van der Waals surface area contributed by atoms with Crippen LogP contribution in [0.3, 0.4) is 0 Å². The number of aliphatic hydroxyl groups excluding tert-OH is 1. The van der Waals surface area contributed by atoms with E-state index in [1.165, 1.54) is 96.3 Å². The average Bonchev–Trinajstić information content (AvgIpc) is 3.60. The lowest BCUT2D eigenvalue weighted by molar-refractivity contribution is -0.161. The number of nitrogens with two attached hydrogens (primary N) is 1. The highest BCUT2D eigenvalue weighted by molar-refractivity contribution is 7.47. The van der Waals surface area contributed by atoms with Gasteiger partial charge in [-0.2, -0.15) is 0 Å². The zero-order valence-corrected chi connectivity index (χ0v) is 39.2. The van der Waals surface area contributed by atoms with Crippen molar-refractivity contribution in [1.29, 1.82) is 0 Å². The highest BCUT2D eigenvalue weighted by Gasteiger charge is 2.29. The molecule has 1 aliphatic rings. The van der Waals surface area contributed by atoms with Crippen LogP contribution >= 0.6 is 7.82 Å². The molecular weight excluding hydrogens is 813 g/mol. The molecule has 0 aromatic heterocycles. The number of aliphatic hydroxyl groups is 1. The van der Waals surface area contributed by atoms with Crippen LogP contribution < -0.4 is 5.73 Å². The van der Waals surface area contributed by atoms with Crippen LogP contribution in [0.2, 0.25) is 0 Å². The molecule has 358 valence electrons. The van der Waals surface area contributed by atoms with Crippen LogP contribution in [0.15, 0.2) is 36.5 Å². The molecule has 0 saturated heterocycles. The second kappa shape index (κ2) is 37.7. The van der Waals surface area contributed by atoms with Crippen molar-refractivity contribution in [2.24, 2.45) is 17.6 Å². The van der Waals surface area contributed by atoms with Crippen LogP contribution in [0, 0.1) is 11.8 Å². The highest BCUT2D eigenvalue weighted by atomic mass is 31.2. The third-order valence-electron chi connectivity index (χ3n) is 11.1. The number of carboxylic acid groups (broad SMARTS) is 1. The predicted octanol–water partition coefficient (Wildman–Crippen LogP) is 10.8. The van der Waals surface area contributed by atoms with Gasteiger partial charge in [0.2, 0.25) is 0 Å². The number of ether oxygens (including phenoxy) is 2. The van der Waals surface area contributed by atoms with Gasteiger partial charge < -0.3 is 30.3 Å². The molecule has 0 radical (unpaired) electrons. The first kappa shape index (κ1) is 57.3. The summed E-state index contributed by atoms with van der Waals surface area (Å²) in [6, 6.07) is -1.55. The zero-order chi connectivity index (χ0) is 45.7. The number of rotatable bonds is 42. The third-order valence-corrected chi connectivity index (χ3v) is 12.1. The summed E-state index contributed by atoms with van der Waals surface area (Å²) in [7, 11) is -4.77. The molecule has 6 atom stereocenters. The van der Waals surface area contributed by atoms with Gasteiger partial charge in [-0.05, 0) is 44.1 Å². The van der Waals surface area contributed by atoms with Crippen molar-refractivity contribution < 1.29 is 57.4 Å². The number of unbranched alkanes of at least 4 members (excludes halogenated alkanes) is 21. The smallest absolute Gasteiger partial charge is 0.472 e. The van der Waals surface area contributed by atoms with Crippen molar-refractivity contribution in [2.45, 2.75) is 212 Å². The molecule has 62 heavy (non-hydrogen) atoms. The summed E-state index contributed by atoms with van der Waals surface area (Å²) in [5, 5.41) is 19.1. The van der Waals surface area contributed by atoms with Gasteiger partial charge in [-0.3, -0.25) is 28.2 Å². The number of hydrogen-bond donors (Lipinski definition) is 4. The van der Waals surface area contributed by atoms with Crippen molar-refractivity contribution in [1.82, 2.24) is 0 Å². The van der Waals surface area contributed by atoms with Crippen LogP contribution in [-0.4, -0.2) is 76.9 Å². The molecule has 0 bridgehead atoms. The van der Waals surface area contributed by atoms with Crippen LogP contribution in [0.5, 0.6) is 0 Å². The number of ketones is 1. The van der Waals surface area contributed by atoms with Gasteiger partial charge in [0.25, 0.3) is 0 Å².